The van der Waals surface area contributed by atoms with Crippen molar-refractivity contribution in [3.05, 3.63) is 12.2 Å². The third-order valence-corrected chi connectivity index (χ3v) is 3.90. The quantitative estimate of drug-likeness (QED) is 0.187. The van der Waals surface area contributed by atoms with Crippen LogP contribution in [0.15, 0.2) is 12.2 Å². The molecule has 0 aromatic heterocycles. The van der Waals surface area contributed by atoms with E-state index in [1.165, 1.54) is 32.1 Å². The summed E-state index contributed by atoms with van der Waals surface area (Å²) in [4.78, 5) is 22.7. The first-order chi connectivity index (χ1) is 12.4. The lowest BCUT2D eigenvalue weighted by molar-refractivity contribution is -0.148. The molecule has 26 heavy (non-hydrogen) atoms. The Balaban J connectivity index is 3.28. The summed E-state index contributed by atoms with van der Waals surface area (Å²) in [7, 11) is 0. The van der Waals surface area contributed by atoms with Crippen LogP contribution in [0.1, 0.15) is 105 Å². The van der Waals surface area contributed by atoms with Crippen molar-refractivity contribution in [2.45, 2.75) is 117 Å². The fourth-order valence-electron chi connectivity index (χ4n) is 2.66. The Morgan fingerprint density at radius 3 is 1.50 bits per heavy atom. The van der Waals surface area contributed by atoms with Gasteiger partial charge in [0.05, 0.1) is 12.2 Å². The van der Waals surface area contributed by atoms with Gasteiger partial charge in [0.1, 0.15) is 0 Å². The standard InChI is InChI=1S/C22H40O4/c1-19(2)25-21(23)17-15-13-11-9-7-5-6-8-10-12-14-16-18-22(24)26-20(3)4/h9,11,19-20H,5-8,10,12-18H2,1-4H3/b11-9+. The molecule has 0 saturated carbocycles. The monoisotopic (exact) mass is 368 g/mol. The van der Waals surface area contributed by atoms with Crippen molar-refractivity contribution in [2.75, 3.05) is 0 Å². The van der Waals surface area contributed by atoms with Crippen LogP contribution in [0.2, 0.25) is 0 Å². The van der Waals surface area contributed by atoms with Gasteiger partial charge in [0.15, 0.2) is 0 Å². The van der Waals surface area contributed by atoms with E-state index in [1.807, 2.05) is 27.7 Å². The van der Waals surface area contributed by atoms with E-state index >= 15 is 0 Å². The zero-order valence-corrected chi connectivity index (χ0v) is 17.4. The smallest absolute Gasteiger partial charge is 0.306 e. The number of allylic oxidation sites excluding steroid dienone is 2. The maximum atomic E-state index is 11.4. The second kappa shape index (κ2) is 17.1. The number of rotatable bonds is 16. The average Bonchev–Trinajstić information content (AvgIpc) is 2.53. The number of unbranched alkanes of at least 4 members (excludes halogenated alkanes) is 8. The molecular weight excluding hydrogens is 328 g/mol. The van der Waals surface area contributed by atoms with Gasteiger partial charge >= 0.3 is 11.9 Å². The lowest BCUT2D eigenvalue weighted by Gasteiger charge is -2.07. The van der Waals surface area contributed by atoms with Gasteiger partial charge in [-0.05, 0) is 59.8 Å². The second-order valence-corrected chi connectivity index (χ2v) is 7.45. The normalized spacial score (nSPS) is 11.5. The van der Waals surface area contributed by atoms with E-state index < -0.39 is 0 Å². The van der Waals surface area contributed by atoms with Crippen LogP contribution in [-0.4, -0.2) is 24.1 Å². The van der Waals surface area contributed by atoms with Gasteiger partial charge in [0, 0.05) is 12.8 Å². The number of esters is 2. The largest absolute Gasteiger partial charge is 0.463 e. The van der Waals surface area contributed by atoms with Gasteiger partial charge in [-0.1, -0.05) is 44.3 Å². The summed E-state index contributed by atoms with van der Waals surface area (Å²) in [6.07, 6.45) is 16.7. The summed E-state index contributed by atoms with van der Waals surface area (Å²) in [6.45, 7) is 7.53. The van der Waals surface area contributed by atoms with Gasteiger partial charge in [-0.25, -0.2) is 0 Å². The van der Waals surface area contributed by atoms with Crippen LogP contribution in [-0.2, 0) is 19.1 Å². The van der Waals surface area contributed by atoms with E-state index in [4.69, 9.17) is 9.47 Å². The number of carbonyl (C=O) groups excluding carboxylic acids is 2. The highest BCUT2D eigenvalue weighted by Gasteiger charge is 2.04. The highest BCUT2D eigenvalue weighted by Crippen LogP contribution is 2.11. The molecule has 0 spiro atoms. The maximum Gasteiger partial charge on any atom is 0.306 e. The molecule has 4 heteroatoms. The van der Waals surface area contributed by atoms with Crippen molar-refractivity contribution >= 4 is 11.9 Å². The van der Waals surface area contributed by atoms with Crippen LogP contribution in [0.25, 0.3) is 0 Å². The first-order valence-corrected chi connectivity index (χ1v) is 10.5. The number of ether oxygens (including phenoxy) is 2. The minimum atomic E-state index is -0.0924. The van der Waals surface area contributed by atoms with Crippen LogP contribution in [0.4, 0.5) is 0 Å². The Morgan fingerprint density at radius 2 is 1.00 bits per heavy atom. The molecule has 0 aliphatic heterocycles. The topological polar surface area (TPSA) is 52.6 Å². The van der Waals surface area contributed by atoms with E-state index in [9.17, 15) is 9.59 Å². The minimum absolute atomic E-state index is 0.00191. The van der Waals surface area contributed by atoms with Gasteiger partial charge < -0.3 is 9.47 Å². The lowest BCUT2D eigenvalue weighted by Crippen LogP contribution is -2.10. The number of carbonyl (C=O) groups is 2. The molecule has 0 fully saturated rings. The molecule has 152 valence electrons. The Morgan fingerprint density at radius 1 is 0.615 bits per heavy atom. The zero-order chi connectivity index (χ0) is 19.6. The first-order valence-electron chi connectivity index (χ1n) is 10.5. The van der Waals surface area contributed by atoms with Crippen LogP contribution >= 0.6 is 0 Å². The first kappa shape index (κ1) is 24.7. The maximum absolute atomic E-state index is 11.4. The summed E-state index contributed by atoms with van der Waals surface area (Å²) >= 11 is 0. The average molecular weight is 369 g/mol. The molecule has 0 N–H and O–H groups in total. The van der Waals surface area contributed by atoms with Crippen LogP contribution in [0.5, 0.6) is 0 Å². The molecule has 0 aliphatic carbocycles. The Kier molecular flexibility index (Phi) is 16.2. The molecule has 0 radical (unpaired) electrons. The predicted octanol–water partition coefficient (Wildman–Crippen LogP) is 6.13. The SMILES string of the molecule is CC(C)OC(=O)CCC/C=C/CCCCCCCCCC(=O)OC(C)C. The van der Waals surface area contributed by atoms with Gasteiger partial charge in [-0.15, -0.1) is 0 Å². The van der Waals surface area contributed by atoms with Gasteiger partial charge in [-0.2, -0.15) is 0 Å². The molecule has 0 atom stereocenters. The molecule has 0 amide bonds. The predicted molar refractivity (Wildman–Crippen MR) is 107 cm³/mol. The molecule has 4 nitrogen and oxygen atoms in total. The Labute approximate surface area is 160 Å². The van der Waals surface area contributed by atoms with E-state index in [0.717, 1.165) is 32.1 Å². The Bertz CT molecular complexity index is 386. The third-order valence-electron chi connectivity index (χ3n) is 3.90. The molecule has 0 aromatic carbocycles. The summed E-state index contributed by atoms with van der Waals surface area (Å²) in [5.41, 5.74) is 0. The van der Waals surface area contributed by atoms with Crippen molar-refractivity contribution < 1.29 is 19.1 Å². The summed E-state index contributed by atoms with van der Waals surface area (Å²) in [6, 6.07) is 0. The summed E-state index contributed by atoms with van der Waals surface area (Å²) in [5, 5.41) is 0. The molecule has 0 aromatic rings. The second-order valence-electron chi connectivity index (χ2n) is 7.45. The fourth-order valence-corrected chi connectivity index (χ4v) is 2.66. The lowest BCUT2D eigenvalue weighted by atomic mass is 10.1. The molecule has 0 saturated heterocycles. The molecule has 0 aliphatic rings. The van der Waals surface area contributed by atoms with Crippen molar-refractivity contribution in [1.82, 2.24) is 0 Å². The molecule has 0 heterocycles. The van der Waals surface area contributed by atoms with Crippen LogP contribution in [0.3, 0.4) is 0 Å². The zero-order valence-electron chi connectivity index (χ0n) is 17.4. The molecule has 0 bridgehead atoms. The van der Waals surface area contributed by atoms with E-state index in [1.54, 1.807) is 0 Å². The van der Waals surface area contributed by atoms with Crippen LogP contribution < -0.4 is 0 Å². The summed E-state index contributed by atoms with van der Waals surface area (Å²) < 4.78 is 10.2. The number of hydrogen-bond acceptors (Lipinski definition) is 4. The fraction of sp³-hybridized carbons (Fsp3) is 0.818. The van der Waals surface area contributed by atoms with Crippen molar-refractivity contribution in [3.63, 3.8) is 0 Å². The van der Waals surface area contributed by atoms with Crippen molar-refractivity contribution in [3.8, 4) is 0 Å². The van der Waals surface area contributed by atoms with Gasteiger partial charge in [-0.3, -0.25) is 9.59 Å². The van der Waals surface area contributed by atoms with Crippen LogP contribution in [0, 0.1) is 0 Å². The highest BCUT2D eigenvalue weighted by atomic mass is 16.5. The van der Waals surface area contributed by atoms with E-state index in [-0.39, 0.29) is 24.1 Å². The number of hydrogen-bond donors (Lipinski definition) is 0. The molecular formula is C22H40O4. The van der Waals surface area contributed by atoms with E-state index in [0.29, 0.717) is 12.8 Å². The van der Waals surface area contributed by atoms with Gasteiger partial charge in [0.2, 0.25) is 0 Å². The van der Waals surface area contributed by atoms with E-state index in [2.05, 4.69) is 12.2 Å². The third kappa shape index (κ3) is 19.0. The summed E-state index contributed by atoms with van der Waals surface area (Å²) in [5.74, 6) is -0.159. The molecule has 0 rings (SSSR count). The minimum Gasteiger partial charge on any atom is -0.463 e. The van der Waals surface area contributed by atoms with Crippen molar-refractivity contribution in [1.29, 1.82) is 0 Å². The molecule has 0 unspecified atom stereocenters. The Hall–Kier alpha value is -1.32. The van der Waals surface area contributed by atoms with Crippen molar-refractivity contribution in [2.24, 2.45) is 0 Å². The van der Waals surface area contributed by atoms with Gasteiger partial charge in [0.25, 0.3) is 0 Å². The highest BCUT2D eigenvalue weighted by molar-refractivity contribution is 5.69.